The maximum atomic E-state index is 15.1. The molecule has 8 nitrogen and oxygen atoms in total. The molecule has 170 valence electrons. The lowest BCUT2D eigenvalue weighted by Crippen LogP contribution is -2.67. The van der Waals surface area contributed by atoms with E-state index in [9.17, 15) is 24.6 Å². The summed E-state index contributed by atoms with van der Waals surface area (Å²) >= 11 is 11.9. The van der Waals surface area contributed by atoms with Gasteiger partial charge in [-0.3, -0.25) is 0 Å². The van der Waals surface area contributed by atoms with Gasteiger partial charge in [-0.2, -0.15) is 0 Å². The molecule has 0 radical (unpaired) electrons. The Morgan fingerprint density at radius 2 is 1.84 bits per heavy atom. The number of benzene rings is 1. The second kappa shape index (κ2) is 7.79. The lowest BCUT2D eigenvalue weighted by atomic mass is 9.84. The van der Waals surface area contributed by atoms with Crippen LogP contribution in [-0.2, 0) is 20.9 Å². The van der Waals surface area contributed by atoms with Crippen LogP contribution in [0.2, 0.25) is 10.0 Å². The van der Waals surface area contributed by atoms with E-state index in [-0.39, 0.29) is 13.0 Å². The van der Waals surface area contributed by atoms with Gasteiger partial charge in [0.05, 0.1) is 10.0 Å². The number of aliphatic carboxylic acids is 2. The van der Waals surface area contributed by atoms with Gasteiger partial charge in [0.1, 0.15) is 5.60 Å². The summed E-state index contributed by atoms with van der Waals surface area (Å²) in [6.45, 7) is 4.90. The molecule has 0 saturated heterocycles. The van der Waals surface area contributed by atoms with Crippen LogP contribution >= 0.6 is 23.2 Å². The summed E-state index contributed by atoms with van der Waals surface area (Å²) in [5.74, 6) is -5.81. The van der Waals surface area contributed by atoms with Gasteiger partial charge in [-0.05, 0) is 44.9 Å². The predicted octanol–water partition coefficient (Wildman–Crippen LogP) is 3.24. The lowest BCUT2D eigenvalue weighted by Gasteiger charge is -2.37. The summed E-state index contributed by atoms with van der Waals surface area (Å²) in [5.41, 5.74) is -5.21. The average molecular weight is 477 g/mol. The Labute approximate surface area is 188 Å². The molecule has 4 N–H and O–H groups in total. The molecule has 1 aromatic carbocycles. The van der Waals surface area contributed by atoms with Gasteiger partial charge in [-0.1, -0.05) is 29.3 Å². The molecule has 0 heterocycles. The second-order valence-corrected chi connectivity index (χ2v) is 9.69. The third-order valence-corrected chi connectivity index (χ3v) is 6.48. The van der Waals surface area contributed by atoms with Crippen LogP contribution in [0.15, 0.2) is 18.2 Å². The van der Waals surface area contributed by atoms with E-state index in [1.165, 1.54) is 0 Å². The molecule has 5 atom stereocenters. The van der Waals surface area contributed by atoms with Crippen LogP contribution in [0.4, 0.5) is 9.18 Å². The molecule has 1 amide bonds. The second-order valence-electron chi connectivity index (χ2n) is 8.88. The first-order valence-electron chi connectivity index (χ1n) is 9.57. The molecule has 0 aromatic heterocycles. The van der Waals surface area contributed by atoms with E-state index in [1.807, 2.05) is 0 Å². The van der Waals surface area contributed by atoms with Crippen molar-refractivity contribution in [2.75, 3.05) is 0 Å². The fourth-order valence-electron chi connectivity index (χ4n) is 4.44. The highest BCUT2D eigenvalue weighted by molar-refractivity contribution is 6.42. The van der Waals surface area contributed by atoms with E-state index in [0.29, 0.717) is 15.6 Å². The van der Waals surface area contributed by atoms with Crippen LogP contribution in [0, 0.1) is 11.8 Å². The summed E-state index contributed by atoms with van der Waals surface area (Å²) in [5, 5.41) is 25.4. The van der Waals surface area contributed by atoms with Crippen LogP contribution < -0.4 is 10.6 Å². The number of nitrogens with one attached hydrogen (secondary N) is 2. The summed E-state index contributed by atoms with van der Waals surface area (Å²) in [6, 6.07) is 3.89. The average Bonchev–Trinajstić information content (AvgIpc) is 3.08. The van der Waals surface area contributed by atoms with E-state index in [0.717, 1.165) is 0 Å². The molecule has 1 aromatic rings. The van der Waals surface area contributed by atoms with E-state index in [2.05, 4.69) is 10.6 Å². The first-order valence-corrected chi connectivity index (χ1v) is 10.3. The standard InChI is InChI=1S/C20H23Cl2FN2O6/c1-18(2,3)31-17(30)25-20(16(28)29)13(7-10-14(20)19(10,23)15(26)27)24-8-9-4-5-11(21)12(22)6-9/h4-6,10,13-14,24H,7-8H2,1-3H3,(H,25,30)(H,26,27)(H,28,29)/t10-,13-,14+,19-,20+/m1/s1. The number of alkyl carbamates (subject to hydrolysis) is 1. The first-order chi connectivity index (χ1) is 14.2. The molecule has 31 heavy (non-hydrogen) atoms. The predicted molar refractivity (Wildman–Crippen MR) is 110 cm³/mol. The zero-order valence-corrected chi connectivity index (χ0v) is 18.6. The molecule has 2 saturated carbocycles. The fraction of sp³-hybridized carbons (Fsp3) is 0.550. The summed E-state index contributed by atoms with van der Waals surface area (Å²) in [7, 11) is 0. The van der Waals surface area contributed by atoms with Gasteiger partial charge in [0.15, 0.2) is 5.54 Å². The fourth-order valence-corrected chi connectivity index (χ4v) is 4.76. The molecule has 2 fully saturated rings. The number of carbonyl (C=O) groups is 3. The molecular formula is C20H23Cl2FN2O6. The first kappa shape index (κ1) is 23.6. The number of carbonyl (C=O) groups excluding carboxylic acids is 1. The van der Waals surface area contributed by atoms with Crippen molar-refractivity contribution in [3.63, 3.8) is 0 Å². The van der Waals surface area contributed by atoms with E-state index in [4.69, 9.17) is 27.9 Å². The van der Waals surface area contributed by atoms with Gasteiger partial charge in [0.2, 0.25) is 5.67 Å². The van der Waals surface area contributed by atoms with Crippen LogP contribution in [0.5, 0.6) is 0 Å². The van der Waals surface area contributed by atoms with Gasteiger partial charge in [-0.25, -0.2) is 18.8 Å². The van der Waals surface area contributed by atoms with E-state index in [1.54, 1.807) is 39.0 Å². The zero-order valence-electron chi connectivity index (χ0n) is 17.0. The van der Waals surface area contributed by atoms with Crippen molar-refractivity contribution >= 4 is 41.2 Å². The minimum Gasteiger partial charge on any atom is -0.479 e. The number of hydrogen-bond acceptors (Lipinski definition) is 5. The highest BCUT2D eigenvalue weighted by Crippen LogP contribution is 2.67. The minimum atomic E-state index is -2.74. The number of carboxylic acids is 2. The Balaban J connectivity index is 1.90. The quantitative estimate of drug-likeness (QED) is 0.496. The van der Waals surface area contributed by atoms with Crippen molar-refractivity contribution in [3.05, 3.63) is 33.8 Å². The van der Waals surface area contributed by atoms with E-state index < -0.39 is 52.7 Å². The monoisotopic (exact) mass is 476 g/mol. The van der Waals surface area contributed by atoms with Crippen molar-refractivity contribution < 1.29 is 33.7 Å². The third-order valence-electron chi connectivity index (χ3n) is 5.74. The van der Waals surface area contributed by atoms with Crippen LogP contribution in [0.3, 0.4) is 0 Å². The number of amides is 1. The van der Waals surface area contributed by atoms with Gasteiger partial charge in [-0.15, -0.1) is 0 Å². The Morgan fingerprint density at radius 3 is 2.35 bits per heavy atom. The van der Waals surface area contributed by atoms with Crippen molar-refractivity contribution in [2.24, 2.45) is 11.8 Å². The highest BCUT2D eigenvalue weighted by Gasteiger charge is 2.86. The van der Waals surface area contributed by atoms with Gasteiger partial charge in [0.25, 0.3) is 0 Å². The minimum absolute atomic E-state index is 0.100. The number of halogens is 3. The molecular weight excluding hydrogens is 454 g/mol. The summed E-state index contributed by atoms with van der Waals surface area (Å²) in [4.78, 5) is 36.3. The maximum Gasteiger partial charge on any atom is 0.408 e. The van der Waals surface area contributed by atoms with Gasteiger partial charge >= 0.3 is 18.0 Å². The Morgan fingerprint density at radius 1 is 1.19 bits per heavy atom. The molecule has 0 bridgehead atoms. The number of fused-ring (bicyclic) bond motifs is 1. The summed E-state index contributed by atoms with van der Waals surface area (Å²) in [6.07, 6.45) is -1.17. The molecule has 0 unspecified atom stereocenters. The maximum absolute atomic E-state index is 15.1. The largest absolute Gasteiger partial charge is 0.479 e. The molecule has 2 aliphatic rings. The molecule has 2 aliphatic carbocycles. The number of rotatable bonds is 6. The molecule has 0 aliphatic heterocycles. The van der Waals surface area contributed by atoms with Crippen molar-refractivity contribution in [1.29, 1.82) is 0 Å². The van der Waals surface area contributed by atoms with Crippen LogP contribution in [-0.4, -0.2) is 51.1 Å². The molecule has 3 rings (SSSR count). The highest BCUT2D eigenvalue weighted by atomic mass is 35.5. The zero-order chi connectivity index (χ0) is 23.4. The van der Waals surface area contributed by atoms with Crippen LogP contribution in [0.25, 0.3) is 0 Å². The number of carboxylic acid groups (broad SMARTS) is 2. The molecule has 0 spiro atoms. The topological polar surface area (TPSA) is 125 Å². The Bertz CT molecular complexity index is 939. The number of hydrogen-bond donors (Lipinski definition) is 4. The Hall–Kier alpha value is -2.10. The normalized spacial score (nSPS) is 31.6. The van der Waals surface area contributed by atoms with Crippen LogP contribution in [0.1, 0.15) is 32.8 Å². The van der Waals surface area contributed by atoms with Crippen molar-refractivity contribution in [2.45, 2.75) is 56.6 Å². The smallest absolute Gasteiger partial charge is 0.408 e. The van der Waals surface area contributed by atoms with Crippen molar-refractivity contribution in [1.82, 2.24) is 10.6 Å². The number of alkyl halides is 1. The number of ether oxygens (including phenoxy) is 1. The van der Waals surface area contributed by atoms with E-state index >= 15 is 4.39 Å². The third kappa shape index (κ3) is 4.06. The van der Waals surface area contributed by atoms with Crippen molar-refractivity contribution in [3.8, 4) is 0 Å². The van der Waals surface area contributed by atoms with Gasteiger partial charge < -0.3 is 25.6 Å². The SMILES string of the molecule is CC(C)(C)OC(=O)N[C@@]1(C(=O)O)[C@H](NCc2ccc(Cl)c(Cl)c2)C[C@@H]2[C@H]1[C@@]2(F)C(=O)O. The molecule has 11 heteroatoms. The summed E-state index contributed by atoms with van der Waals surface area (Å²) < 4.78 is 20.3. The lowest BCUT2D eigenvalue weighted by molar-refractivity contribution is -0.152. The van der Waals surface area contributed by atoms with Gasteiger partial charge in [0, 0.05) is 24.4 Å². The Kier molecular flexibility index (Phi) is 5.92.